The van der Waals surface area contributed by atoms with Gasteiger partial charge in [0, 0.05) is 18.6 Å². The molecule has 2 saturated heterocycles. The summed E-state index contributed by atoms with van der Waals surface area (Å²) >= 11 is 0. The highest BCUT2D eigenvalue weighted by atomic mass is 16.2. The van der Waals surface area contributed by atoms with Crippen LogP contribution in [0.3, 0.4) is 0 Å². The molecule has 0 radical (unpaired) electrons. The van der Waals surface area contributed by atoms with Gasteiger partial charge in [-0.1, -0.05) is 0 Å². The zero-order valence-electron chi connectivity index (χ0n) is 10.1. The Kier molecular flexibility index (Phi) is 2.53. The van der Waals surface area contributed by atoms with E-state index < -0.39 is 0 Å². The van der Waals surface area contributed by atoms with Gasteiger partial charge in [0.15, 0.2) is 0 Å². The van der Waals surface area contributed by atoms with Crippen LogP contribution < -0.4 is 5.32 Å². The molecule has 86 valence electrons. The third-order valence-electron chi connectivity index (χ3n) is 4.03. The summed E-state index contributed by atoms with van der Waals surface area (Å²) in [7, 11) is 0. The largest absolute Gasteiger partial charge is 0.337 e. The lowest BCUT2D eigenvalue weighted by molar-refractivity contribution is -0.143. The smallest absolute Gasteiger partial charge is 0.230 e. The maximum atomic E-state index is 12.5. The Labute approximate surface area is 92.2 Å². The van der Waals surface area contributed by atoms with E-state index in [4.69, 9.17) is 0 Å². The van der Waals surface area contributed by atoms with Crippen LogP contribution in [-0.2, 0) is 4.79 Å². The fourth-order valence-electron chi connectivity index (χ4n) is 2.81. The van der Waals surface area contributed by atoms with E-state index in [0.717, 1.165) is 38.9 Å². The molecule has 2 rings (SSSR count). The van der Waals surface area contributed by atoms with Gasteiger partial charge in [-0.2, -0.15) is 0 Å². The van der Waals surface area contributed by atoms with Gasteiger partial charge in [0.25, 0.3) is 0 Å². The van der Waals surface area contributed by atoms with Crippen LogP contribution in [-0.4, -0.2) is 36.0 Å². The number of nitrogens with zero attached hydrogens (tertiary/aromatic N) is 1. The molecule has 1 N–H and O–H groups in total. The monoisotopic (exact) mass is 210 g/mol. The molecule has 2 aliphatic heterocycles. The normalized spacial score (nSPS) is 34.7. The van der Waals surface area contributed by atoms with Crippen molar-refractivity contribution in [1.29, 1.82) is 0 Å². The fraction of sp³-hybridized carbons (Fsp3) is 0.917. The zero-order chi connectivity index (χ0) is 11.1. The van der Waals surface area contributed by atoms with Gasteiger partial charge in [0.1, 0.15) is 0 Å². The standard InChI is InChI=1S/C12H22N2O/c1-11(2)5-4-8-14(11)10(15)12(3)6-7-13-9-12/h13H,4-9H2,1-3H3. The minimum absolute atomic E-state index is 0.0721. The van der Waals surface area contributed by atoms with Gasteiger partial charge in [-0.25, -0.2) is 0 Å². The average Bonchev–Trinajstić information content (AvgIpc) is 2.72. The van der Waals surface area contributed by atoms with Crippen LogP contribution in [0.2, 0.25) is 0 Å². The van der Waals surface area contributed by atoms with Gasteiger partial charge in [-0.15, -0.1) is 0 Å². The molecule has 0 spiro atoms. The van der Waals surface area contributed by atoms with Crippen LogP contribution in [0, 0.1) is 5.41 Å². The highest BCUT2D eigenvalue weighted by molar-refractivity contribution is 5.84. The van der Waals surface area contributed by atoms with E-state index in [9.17, 15) is 4.79 Å². The quantitative estimate of drug-likeness (QED) is 0.709. The number of rotatable bonds is 1. The Bertz CT molecular complexity index is 267. The van der Waals surface area contributed by atoms with Crippen molar-refractivity contribution in [3.8, 4) is 0 Å². The summed E-state index contributed by atoms with van der Waals surface area (Å²) in [5.41, 5.74) is -0.0791. The molecule has 0 bridgehead atoms. The second kappa shape index (κ2) is 3.48. The average molecular weight is 210 g/mol. The summed E-state index contributed by atoms with van der Waals surface area (Å²) in [6.45, 7) is 9.24. The van der Waals surface area contributed by atoms with Crippen LogP contribution in [0.4, 0.5) is 0 Å². The second-order valence-electron chi connectivity index (χ2n) is 5.86. The number of carbonyl (C=O) groups excluding carboxylic acids is 1. The molecule has 1 atom stereocenters. The van der Waals surface area contributed by atoms with Gasteiger partial charge >= 0.3 is 0 Å². The van der Waals surface area contributed by atoms with Crippen molar-refractivity contribution in [3.05, 3.63) is 0 Å². The third-order valence-corrected chi connectivity index (χ3v) is 4.03. The van der Waals surface area contributed by atoms with Gasteiger partial charge < -0.3 is 10.2 Å². The minimum Gasteiger partial charge on any atom is -0.337 e. The lowest BCUT2D eigenvalue weighted by Gasteiger charge is -2.37. The van der Waals surface area contributed by atoms with E-state index in [1.165, 1.54) is 0 Å². The first-order chi connectivity index (χ1) is 6.96. The highest BCUT2D eigenvalue weighted by Crippen LogP contribution is 2.35. The first kappa shape index (κ1) is 10.9. The van der Waals surface area contributed by atoms with Gasteiger partial charge in [-0.05, 0) is 46.6 Å². The van der Waals surface area contributed by atoms with E-state index in [1.807, 2.05) is 0 Å². The van der Waals surface area contributed by atoms with E-state index in [0.29, 0.717) is 5.91 Å². The first-order valence-electron chi connectivity index (χ1n) is 5.99. The van der Waals surface area contributed by atoms with Crippen LogP contribution >= 0.6 is 0 Å². The summed E-state index contributed by atoms with van der Waals surface area (Å²) in [6, 6.07) is 0. The number of amides is 1. The molecule has 1 amide bonds. The molecule has 2 aliphatic rings. The van der Waals surface area contributed by atoms with Crippen LogP contribution in [0.15, 0.2) is 0 Å². The fourth-order valence-corrected chi connectivity index (χ4v) is 2.81. The van der Waals surface area contributed by atoms with Crippen molar-refractivity contribution >= 4 is 5.91 Å². The number of carbonyl (C=O) groups is 1. The van der Waals surface area contributed by atoms with Crippen LogP contribution in [0.25, 0.3) is 0 Å². The van der Waals surface area contributed by atoms with Crippen LogP contribution in [0.1, 0.15) is 40.0 Å². The summed E-state index contributed by atoms with van der Waals surface area (Å²) in [5.74, 6) is 0.356. The molecular formula is C12H22N2O. The van der Waals surface area contributed by atoms with E-state index in [2.05, 4.69) is 31.0 Å². The van der Waals surface area contributed by atoms with Gasteiger partial charge in [-0.3, -0.25) is 4.79 Å². The maximum absolute atomic E-state index is 12.5. The predicted octanol–water partition coefficient (Wildman–Crippen LogP) is 1.39. The number of likely N-dealkylation sites (tertiary alicyclic amines) is 1. The van der Waals surface area contributed by atoms with Crippen molar-refractivity contribution in [1.82, 2.24) is 10.2 Å². The Morgan fingerprint density at radius 3 is 2.47 bits per heavy atom. The summed E-state index contributed by atoms with van der Waals surface area (Å²) in [6.07, 6.45) is 3.28. The van der Waals surface area contributed by atoms with Gasteiger partial charge in [0.2, 0.25) is 5.91 Å². The molecule has 0 aromatic rings. The molecule has 0 aliphatic carbocycles. The molecule has 2 heterocycles. The molecule has 1 unspecified atom stereocenters. The maximum Gasteiger partial charge on any atom is 0.230 e. The first-order valence-corrected chi connectivity index (χ1v) is 5.99. The molecular weight excluding hydrogens is 188 g/mol. The molecule has 2 fully saturated rings. The number of hydrogen-bond acceptors (Lipinski definition) is 2. The van der Waals surface area contributed by atoms with Crippen molar-refractivity contribution in [2.75, 3.05) is 19.6 Å². The summed E-state index contributed by atoms with van der Waals surface area (Å²) in [5, 5.41) is 3.30. The Morgan fingerprint density at radius 2 is 2.00 bits per heavy atom. The highest BCUT2D eigenvalue weighted by Gasteiger charge is 2.45. The predicted molar refractivity (Wildman–Crippen MR) is 60.6 cm³/mol. The molecule has 3 heteroatoms. The Hall–Kier alpha value is -0.570. The lowest BCUT2D eigenvalue weighted by atomic mass is 9.86. The lowest BCUT2D eigenvalue weighted by Crippen LogP contribution is -2.50. The van der Waals surface area contributed by atoms with E-state index in [1.54, 1.807) is 0 Å². The molecule has 0 aromatic heterocycles. The van der Waals surface area contributed by atoms with Crippen molar-refractivity contribution in [2.24, 2.45) is 5.41 Å². The van der Waals surface area contributed by atoms with Crippen LogP contribution in [0.5, 0.6) is 0 Å². The Morgan fingerprint density at radius 1 is 1.27 bits per heavy atom. The molecule has 0 aromatic carbocycles. The van der Waals surface area contributed by atoms with E-state index >= 15 is 0 Å². The van der Waals surface area contributed by atoms with Crippen molar-refractivity contribution < 1.29 is 4.79 Å². The second-order valence-corrected chi connectivity index (χ2v) is 5.86. The minimum atomic E-state index is -0.151. The Balaban J connectivity index is 2.13. The topological polar surface area (TPSA) is 32.3 Å². The van der Waals surface area contributed by atoms with Crippen molar-refractivity contribution in [3.63, 3.8) is 0 Å². The molecule has 3 nitrogen and oxygen atoms in total. The zero-order valence-corrected chi connectivity index (χ0v) is 10.1. The third kappa shape index (κ3) is 1.78. The number of hydrogen-bond donors (Lipinski definition) is 1. The molecule has 0 saturated carbocycles. The number of nitrogens with one attached hydrogen (secondary N) is 1. The van der Waals surface area contributed by atoms with Crippen molar-refractivity contribution in [2.45, 2.75) is 45.6 Å². The summed E-state index contributed by atoms with van der Waals surface area (Å²) < 4.78 is 0. The SMILES string of the molecule is CC1(C(=O)N2CCCC2(C)C)CCNC1. The molecule has 15 heavy (non-hydrogen) atoms. The summed E-state index contributed by atoms with van der Waals surface area (Å²) in [4.78, 5) is 14.6. The van der Waals surface area contributed by atoms with E-state index in [-0.39, 0.29) is 11.0 Å². The van der Waals surface area contributed by atoms with Gasteiger partial charge in [0.05, 0.1) is 5.41 Å².